The third kappa shape index (κ3) is 9.25. The van der Waals surface area contributed by atoms with Gasteiger partial charge in [-0.2, -0.15) is 13.2 Å². The lowest BCUT2D eigenvalue weighted by Crippen LogP contribution is -2.45. The molecule has 2 unspecified atom stereocenters. The van der Waals surface area contributed by atoms with Gasteiger partial charge in [-0.05, 0) is 97.7 Å². The molecule has 2 aliphatic heterocycles. The normalized spacial score (nSPS) is 27.2. The van der Waals surface area contributed by atoms with Crippen LogP contribution in [0.15, 0.2) is 48.6 Å². The molecule has 0 radical (unpaired) electrons. The first kappa shape index (κ1) is 36.5. The molecule has 1 aliphatic carbocycles. The van der Waals surface area contributed by atoms with Gasteiger partial charge in [0.2, 0.25) is 10.0 Å². The van der Waals surface area contributed by atoms with Gasteiger partial charge in [0.25, 0.3) is 5.91 Å². The Morgan fingerprint density at radius 2 is 1.90 bits per heavy atom. The van der Waals surface area contributed by atoms with Gasteiger partial charge in [0.05, 0.1) is 36.7 Å². The Labute approximate surface area is 286 Å². The summed E-state index contributed by atoms with van der Waals surface area (Å²) in [7, 11) is -3.14. The van der Waals surface area contributed by atoms with E-state index in [1.165, 1.54) is 13.0 Å². The summed E-state index contributed by atoms with van der Waals surface area (Å²) < 4.78 is 87.8. The molecule has 8 nitrogen and oxygen atoms in total. The molecule has 2 aromatic rings. The zero-order valence-corrected chi connectivity index (χ0v) is 28.9. The van der Waals surface area contributed by atoms with E-state index >= 15 is 0 Å². The molecule has 5 atom stereocenters. The van der Waals surface area contributed by atoms with E-state index in [1.54, 1.807) is 25.3 Å². The summed E-state index contributed by atoms with van der Waals surface area (Å²) in [5.41, 5.74) is 2.74. The van der Waals surface area contributed by atoms with Crippen molar-refractivity contribution in [2.45, 2.75) is 76.0 Å². The Hall–Kier alpha value is -2.80. The van der Waals surface area contributed by atoms with Crippen LogP contribution in [0.1, 0.15) is 66.9 Å². The van der Waals surface area contributed by atoms with Gasteiger partial charge in [0, 0.05) is 30.8 Å². The second kappa shape index (κ2) is 15.8. The number of amides is 1. The van der Waals surface area contributed by atoms with Crippen LogP contribution in [0.3, 0.4) is 0 Å². The SMILES string of the molecule is COCCO[C@H]1/C=C\C[C@H](C)[C@H](CC(F)(F)F)S(=O)(=O)NC(=O)c2ccc3c(c2)N(CCCCc2cc(Cl)ccc2CO3)CC2CCC21. The van der Waals surface area contributed by atoms with Crippen molar-refractivity contribution >= 4 is 33.2 Å². The number of fused-ring (bicyclic) bond motifs is 3. The van der Waals surface area contributed by atoms with Crippen LogP contribution in [-0.2, 0) is 32.5 Å². The predicted molar refractivity (Wildman–Crippen MR) is 179 cm³/mol. The molecule has 0 saturated heterocycles. The van der Waals surface area contributed by atoms with E-state index in [2.05, 4.69) is 4.90 Å². The van der Waals surface area contributed by atoms with Gasteiger partial charge >= 0.3 is 6.18 Å². The highest BCUT2D eigenvalue weighted by molar-refractivity contribution is 7.90. The lowest BCUT2D eigenvalue weighted by molar-refractivity contribution is -0.136. The quantitative estimate of drug-likeness (QED) is 0.261. The molecular weight excluding hydrogens is 669 g/mol. The van der Waals surface area contributed by atoms with Crippen LogP contribution in [0.4, 0.5) is 18.9 Å². The highest BCUT2D eigenvalue weighted by Gasteiger charge is 2.42. The van der Waals surface area contributed by atoms with Crippen molar-refractivity contribution in [1.29, 1.82) is 0 Å². The zero-order valence-electron chi connectivity index (χ0n) is 27.3. The number of rotatable bonds is 5. The smallest absolute Gasteiger partial charge is 0.390 e. The molecule has 1 saturated carbocycles. The summed E-state index contributed by atoms with van der Waals surface area (Å²) in [6.07, 6.45) is 1.38. The van der Waals surface area contributed by atoms with Gasteiger partial charge < -0.3 is 19.1 Å². The molecule has 2 heterocycles. The Morgan fingerprint density at radius 3 is 2.62 bits per heavy atom. The van der Waals surface area contributed by atoms with Gasteiger partial charge in [-0.25, -0.2) is 13.1 Å². The van der Waals surface area contributed by atoms with E-state index in [0.717, 1.165) is 43.2 Å². The van der Waals surface area contributed by atoms with Crippen LogP contribution < -0.4 is 14.4 Å². The topological polar surface area (TPSA) is 94.2 Å². The number of methoxy groups -OCH3 is 1. The van der Waals surface area contributed by atoms with E-state index in [1.807, 2.05) is 29.0 Å². The molecule has 3 aliphatic rings. The molecule has 2 bridgehead atoms. The summed E-state index contributed by atoms with van der Waals surface area (Å²) in [5, 5.41) is -1.23. The first-order valence-electron chi connectivity index (χ1n) is 16.5. The Balaban J connectivity index is 1.56. The largest absolute Gasteiger partial charge is 0.487 e. The second-order valence-electron chi connectivity index (χ2n) is 13.1. The number of hydrogen-bond acceptors (Lipinski definition) is 7. The van der Waals surface area contributed by atoms with Crippen molar-refractivity contribution in [3.8, 4) is 5.75 Å². The van der Waals surface area contributed by atoms with Crippen LogP contribution in [0, 0.1) is 17.8 Å². The van der Waals surface area contributed by atoms with E-state index in [-0.39, 0.29) is 36.5 Å². The molecule has 2 aromatic carbocycles. The van der Waals surface area contributed by atoms with Gasteiger partial charge in [0.15, 0.2) is 0 Å². The molecule has 48 heavy (non-hydrogen) atoms. The predicted octanol–water partition coefficient (Wildman–Crippen LogP) is 7.10. The number of nitrogens with zero attached hydrogens (tertiary/aromatic N) is 1. The van der Waals surface area contributed by atoms with Crippen molar-refractivity contribution in [2.24, 2.45) is 17.8 Å². The molecular formula is C35H44ClF3N2O6S. The molecule has 13 heteroatoms. The van der Waals surface area contributed by atoms with Gasteiger partial charge in [0.1, 0.15) is 12.4 Å². The molecule has 1 N–H and O–H groups in total. The second-order valence-corrected chi connectivity index (χ2v) is 15.4. The molecule has 0 aromatic heterocycles. The van der Waals surface area contributed by atoms with Crippen LogP contribution >= 0.6 is 11.6 Å². The number of hydrogen-bond donors (Lipinski definition) is 1. The van der Waals surface area contributed by atoms with E-state index in [4.69, 9.17) is 25.8 Å². The summed E-state index contributed by atoms with van der Waals surface area (Å²) in [4.78, 5) is 15.7. The first-order valence-corrected chi connectivity index (χ1v) is 18.5. The summed E-state index contributed by atoms with van der Waals surface area (Å²) in [6, 6.07) is 10.4. The van der Waals surface area contributed by atoms with Gasteiger partial charge in [-0.15, -0.1) is 0 Å². The summed E-state index contributed by atoms with van der Waals surface area (Å²) >= 11 is 6.31. The fourth-order valence-corrected chi connectivity index (χ4v) is 8.75. The van der Waals surface area contributed by atoms with Crippen molar-refractivity contribution < 1.29 is 40.6 Å². The highest BCUT2D eigenvalue weighted by atomic mass is 35.5. The number of aryl methyl sites for hydroxylation is 1. The van der Waals surface area contributed by atoms with Crippen molar-refractivity contribution in [3.63, 3.8) is 0 Å². The summed E-state index contributed by atoms with van der Waals surface area (Å²) in [5.74, 6) is -1.03. The number of ether oxygens (including phenoxy) is 3. The van der Waals surface area contributed by atoms with Gasteiger partial charge in [-0.3, -0.25) is 4.79 Å². The number of nitrogens with one attached hydrogen (secondary N) is 1. The fourth-order valence-electron chi connectivity index (χ4n) is 6.89. The van der Waals surface area contributed by atoms with E-state index in [0.29, 0.717) is 42.8 Å². The number of carbonyl (C=O) groups excluding carboxylic acids is 1. The number of allylic oxidation sites excluding steroid dienone is 1. The maximum atomic E-state index is 13.7. The average Bonchev–Trinajstić information content (AvgIpc) is 3.04. The average molecular weight is 713 g/mol. The number of halogens is 4. The van der Waals surface area contributed by atoms with Crippen molar-refractivity contribution in [3.05, 3.63) is 70.3 Å². The third-order valence-corrected chi connectivity index (χ3v) is 11.9. The lowest BCUT2D eigenvalue weighted by atomic mass is 9.70. The molecule has 5 rings (SSSR count). The molecule has 0 spiro atoms. The number of carbonyl (C=O) groups is 1. The minimum absolute atomic E-state index is 0.0179. The zero-order chi connectivity index (χ0) is 34.5. The van der Waals surface area contributed by atoms with Crippen LogP contribution in [0.25, 0.3) is 0 Å². The number of sulfonamides is 1. The standard InChI is InChI=1S/C35H44ClF3N2O6S/c1-23-6-5-8-31(46-17-16-45-2)29-13-10-26(29)21-41-15-4-3-7-24-18-28(36)12-9-27(24)22-47-32-14-11-25(19-30(32)41)34(42)40-48(43,44)33(23)20-35(37,38)39/h5,8-9,11-12,14,18-19,23,26,29,31,33H,3-4,6-7,10,13,15-17,20-22H2,1-2H3,(H,40,42)/b8-5-/t23-,26?,29?,31-,33-/m0/s1. The Morgan fingerprint density at radius 1 is 1.08 bits per heavy atom. The van der Waals surface area contributed by atoms with Gasteiger partial charge in [-0.1, -0.05) is 36.7 Å². The molecule has 264 valence electrons. The minimum Gasteiger partial charge on any atom is -0.487 e. The van der Waals surface area contributed by atoms with Crippen LogP contribution in [0.2, 0.25) is 5.02 Å². The highest BCUT2D eigenvalue weighted by Crippen LogP contribution is 2.42. The van der Waals surface area contributed by atoms with E-state index < -0.39 is 39.7 Å². The van der Waals surface area contributed by atoms with Crippen LogP contribution in [0.5, 0.6) is 5.75 Å². The molecule has 1 amide bonds. The summed E-state index contributed by atoms with van der Waals surface area (Å²) in [6.45, 7) is 3.75. The number of anilines is 1. The Bertz CT molecular complexity index is 1570. The maximum Gasteiger partial charge on any atom is 0.390 e. The number of benzene rings is 2. The molecule has 1 fully saturated rings. The van der Waals surface area contributed by atoms with Crippen LogP contribution in [-0.4, -0.2) is 65.3 Å². The first-order chi connectivity index (χ1) is 22.8. The number of alkyl halides is 3. The maximum absolute atomic E-state index is 13.7. The van der Waals surface area contributed by atoms with Crippen molar-refractivity contribution in [1.82, 2.24) is 4.72 Å². The lowest BCUT2D eigenvalue weighted by Gasteiger charge is -2.44. The third-order valence-electron chi connectivity index (χ3n) is 9.72. The minimum atomic E-state index is -4.76. The van der Waals surface area contributed by atoms with Crippen molar-refractivity contribution in [2.75, 3.05) is 38.3 Å². The monoisotopic (exact) mass is 712 g/mol. The van der Waals surface area contributed by atoms with E-state index in [9.17, 15) is 26.4 Å². The fraction of sp³-hybridized carbons (Fsp3) is 0.571. The Kier molecular flexibility index (Phi) is 12.0.